The van der Waals surface area contributed by atoms with Gasteiger partial charge in [0.25, 0.3) is 0 Å². The van der Waals surface area contributed by atoms with Crippen molar-refractivity contribution in [1.29, 1.82) is 5.26 Å². The smallest absolute Gasteiger partial charge is 0.238 e. The summed E-state index contributed by atoms with van der Waals surface area (Å²) in [4.78, 5) is 11.4. The Morgan fingerprint density at radius 2 is 2.11 bits per heavy atom. The molecule has 2 rings (SSSR count). The molecule has 1 heterocycles. The van der Waals surface area contributed by atoms with E-state index in [-0.39, 0.29) is 12.3 Å². The lowest BCUT2D eigenvalue weighted by atomic mass is 10.2. The minimum absolute atomic E-state index is 0.190. The van der Waals surface area contributed by atoms with E-state index in [1.807, 2.05) is 35.2 Å². The maximum absolute atomic E-state index is 11.4. The van der Waals surface area contributed by atoms with Crippen LogP contribution >= 0.6 is 11.6 Å². The van der Waals surface area contributed by atoms with Crippen molar-refractivity contribution in [3.8, 4) is 11.8 Å². The Labute approximate surface area is 109 Å². The van der Waals surface area contributed by atoms with Gasteiger partial charge in [-0.25, -0.2) is 0 Å². The largest absolute Gasteiger partial charge is 0.324 e. The van der Waals surface area contributed by atoms with Crippen LogP contribution in [0.1, 0.15) is 6.42 Å². The summed E-state index contributed by atoms with van der Waals surface area (Å²) in [6.45, 7) is 0. The van der Waals surface area contributed by atoms with Crippen LogP contribution in [-0.2, 0) is 4.79 Å². The molecule has 90 valence electrons. The first-order valence-electron chi connectivity index (χ1n) is 5.30. The van der Waals surface area contributed by atoms with Gasteiger partial charge >= 0.3 is 0 Å². The second kappa shape index (κ2) is 5.39. The van der Waals surface area contributed by atoms with E-state index in [0.717, 1.165) is 5.69 Å². The molecule has 0 aliphatic rings. The lowest BCUT2D eigenvalue weighted by Gasteiger charge is -2.09. The molecule has 2 aromatic rings. The van der Waals surface area contributed by atoms with Crippen molar-refractivity contribution in [2.24, 2.45) is 0 Å². The van der Waals surface area contributed by atoms with Gasteiger partial charge in [-0.2, -0.15) is 5.26 Å². The van der Waals surface area contributed by atoms with Crippen molar-refractivity contribution >= 4 is 23.2 Å². The number of nitrogens with zero attached hydrogens (tertiary/aromatic N) is 2. The van der Waals surface area contributed by atoms with Crippen LogP contribution in [0.2, 0.25) is 5.02 Å². The maximum atomic E-state index is 11.4. The number of anilines is 1. The van der Waals surface area contributed by atoms with E-state index in [0.29, 0.717) is 10.7 Å². The number of carbonyl (C=O) groups excluding carboxylic acids is 1. The quantitative estimate of drug-likeness (QED) is 0.921. The summed E-state index contributed by atoms with van der Waals surface area (Å²) in [7, 11) is 0. The van der Waals surface area contributed by atoms with Gasteiger partial charge in [0.2, 0.25) is 5.91 Å². The fraction of sp³-hybridized carbons (Fsp3) is 0.0769. The van der Waals surface area contributed by atoms with Gasteiger partial charge in [-0.3, -0.25) is 4.79 Å². The van der Waals surface area contributed by atoms with Crippen LogP contribution in [0.15, 0.2) is 42.7 Å². The van der Waals surface area contributed by atoms with Gasteiger partial charge in [-0.05, 0) is 30.3 Å². The first kappa shape index (κ1) is 12.2. The normalized spacial score (nSPS) is 9.78. The van der Waals surface area contributed by atoms with Crippen molar-refractivity contribution in [2.75, 3.05) is 5.32 Å². The molecule has 0 saturated heterocycles. The number of rotatable bonds is 3. The molecular formula is C13H10ClN3O. The first-order chi connectivity index (χ1) is 8.70. The second-order valence-electron chi connectivity index (χ2n) is 3.64. The minimum Gasteiger partial charge on any atom is -0.324 e. The maximum Gasteiger partial charge on any atom is 0.238 e. The standard InChI is InChI=1S/C13H10ClN3O/c14-11-4-3-10(17-7-1-2-8-17)9-12(11)16-13(18)5-6-15/h1-4,7-9H,5H2,(H,16,18). The van der Waals surface area contributed by atoms with E-state index in [4.69, 9.17) is 16.9 Å². The molecule has 4 nitrogen and oxygen atoms in total. The molecule has 0 spiro atoms. The Kier molecular flexibility index (Phi) is 3.66. The van der Waals surface area contributed by atoms with Gasteiger partial charge in [0.15, 0.2) is 0 Å². The zero-order chi connectivity index (χ0) is 13.0. The summed E-state index contributed by atoms with van der Waals surface area (Å²) in [6.07, 6.45) is 3.60. The van der Waals surface area contributed by atoms with Crippen LogP contribution < -0.4 is 5.32 Å². The van der Waals surface area contributed by atoms with Crippen LogP contribution in [0.3, 0.4) is 0 Å². The number of hydrogen-bond acceptors (Lipinski definition) is 2. The van der Waals surface area contributed by atoms with Gasteiger partial charge < -0.3 is 9.88 Å². The Hall–Kier alpha value is -2.25. The van der Waals surface area contributed by atoms with Crippen molar-refractivity contribution in [1.82, 2.24) is 4.57 Å². The number of nitriles is 1. The summed E-state index contributed by atoms with van der Waals surface area (Å²) >= 11 is 5.99. The number of hydrogen-bond donors (Lipinski definition) is 1. The fourth-order valence-electron chi connectivity index (χ4n) is 1.54. The van der Waals surface area contributed by atoms with Gasteiger partial charge in [-0.15, -0.1) is 0 Å². The van der Waals surface area contributed by atoms with Crippen LogP contribution in [0.25, 0.3) is 5.69 Å². The highest BCUT2D eigenvalue weighted by Crippen LogP contribution is 2.25. The summed E-state index contributed by atoms with van der Waals surface area (Å²) in [5.74, 6) is -0.371. The van der Waals surface area contributed by atoms with Gasteiger partial charge in [-0.1, -0.05) is 11.6 Å². The van der Waals surface area contributed by atoms with Crippen molar-refractivity contribution in [3.63, 3.8) is 0 Å². The topological polar surface area (TPSA) is 57.8 Å². The van der Waals surface area contributed by atoms with Crippen LogP contribution in [0.5, 0.6) is 0 Å². The van der Waals surface area contributed by atoms with E-state index in [1.54, 1.807) is 18.2 Å². The molecule has 1 aromatic carbocycles. The summed E-state index contributed by atoms with van der Waals surface area (Å²) < 4.78 is 1.90. The molecule has 0 fully saturated rings. The third-order valence-corrected chi connectivity index (χ3v) is 2.70. The van der Waals surface area contributed by atoms with Crippen molar-refractivity contribution in [2.45, 2.75) is 6.42 Å². The molecule has 1 N–H and O–H groups in total. The Morgan fingerprint density at radius 3 is 2.78 bits per heavy atom. The summed E-state index contributed by atoms with van der Waals surface area (Å²) in [6, 6.07) is 10.9. The van der Waals surface area contributed by atoms with E-state index in [9.17, 15) is 4.79 Å². The van der Waals surface area contributed by atoms with Crippen LogP contribution in [0, 0.1) is 11.3 Å². The number of amides is 1. The van der Waals surface area contributed by atoms with Crippen LogP contribution in [0.4, 0.5) is 5.69 Å². The van der Waals surface area contributed by atoms with Gasteiger partial charge in [0.1, 0.15) is 6.42 Å². The highest BCUT2D eigenvalue weighted by Gasteiger charge is 2.07. The second-order valence-corrected chi connectivity index (χ2v) is 4.04. The SMILES string of the molecule is N#CCC(=O)Nc1cc(-n2cccc2)ccc1Cl. The predicted octanol–water partition coefficient (Wildman–Crippen LogP) is 2.98. The zero-order valence-electron chi connectivity index (χ0n) is 9.43. The number of nitrogens with one attached hydrogen (secondary N) is 1. The summed E-state index contributed by atoms with van der Waals surface area (Å²) in [5, 5.41) is 11.5. The number of benzene rings is 1. The molecule has 0 aliphatic heterocycles. The molecule has 0 unspecified atom stereocenters. The lowest BCUT2D eigenvalue weighted by Crippen LogP contribution is -2.10. The fourth-order valence-corrected chi connectivity index (χ4v) is 1.71. The molecule has 1 amide bonds. The minimum atomic E-state index is -0.371. The molecule has 0 aliphatic carbocycles. The number of carbonyl (C=O) groups is 1. The average molecular weight is 260 g/mol. The van der Waals surface area contributed by atoms with E-state index < -0.39 is 0 Å². The van der Waals surface area contributed by atoms with E-state index in [2.05, 4.69) is 5.32 Å². The van der Waals surface area contributed by atoms with Crippen molar-refractivity contribution in [3.05, 3.63) is 47.7 Å². The molecule has 1 aromatic heterocycles. The first-order valence-corrected chi connectivity index (χ1v) is 5.68. The number of halogens is 1. The van der Waals surface area contributed by atoms with E-state index >= 15 is 0 Å². The molecule has 0 atom stereocenters. The van der Waals surface area contributed by atoms with Crippen molar-refractivity contribution < 1.29 is 4.79 Å². The molecule has 0 saturated carbocycles. The Bertz CT molecular complexity index is 599. The van der Waals surface area contributed by atoms with Crippen LogP contribution in [-0.4, -0.2) is 10.5 Å². The summed E-state index contributed by atoms with van der Waals surface area (Å²) in [5.41, 5.74) is 1.39. The zero-order valence-corrected chi connectivity index (χ0v) is 10.2. The molecule has 0 radical (unpaired) electrons. The Morgan fingerprint density at radius 1 is 1.39 bits per heavy atom. The highest BCUT2D eigenvalue weighted by molar-refractivity contribution is 6.33. The average Bonchev–Trinajstić information content (AvgIpc) is 2.86. The van der Waals surface area contributed by atoms with Gasteiger partial charge in [0, 0.05) is 18.1 Å². The molecular weight excluding hydrogens is 250 g/mol. The third kappa shape index (κ3) is 2.70. The molecule has 18 heavy (non-hydrogen) atoms. The third-order valence-electron chi connectivity index (χ3n) is 2.37. The Balaban J connectivity index is 2.28. The number of aromatic nitrogens is 1. The lowest BCUT2D eigenvalue weighted by molar-refractivity contribution is -0.115. The van der Waals surface area contributed by atoms with E-state index in [1.165, 1.54) is 0 Å². The molecule has 0 bridgehead atoms. The monoisotopic (exact) mass is 259 g/mol. The molecule has 5 heteroatoms. The predicted molar refractivity (Wildman–Crippen MR) is 69.6 cm³/mol. The van der Waals surface area contributed by atoms with Gasteiger partial charge in [0.05, 0.1) is 16.8 Å². The highest BCUT2D eigenvalue weighted by atomic mass is 35.5.